The molecule has 0 spiro atoms. The van der Waals surface area contributed by atoms with Crippen molar-refractivity contribution in [1.82, 2.24) is 15.2 Å². The molecule has 0 saturated heterocycles. The summed E-state index contributed by atoms with van der Waals surface area (Å²) in [6.07, 6.45) is 4.17. The van der Waals surface area contributed by atoms with Crippen molar-refractivity contribution in [1.29, 1.82) is 5.26 Å². The lowest BCUT2D eigenvalue weighted by molar-refractivity contribution is 0.292. The van der Waals surface area contributed by atoms with E-state index in [0.717, 1.165) is 43.9 Å². The summed E-state index contributed by atoms with van der Waals surface area (Å²) in [6.45, 7) is 10.3. The Morgan fingerprint density at radius 2 is 2.42 bits per heavy atom. The minimum atomic E-state index is 0.536. The third kappa shape index (κ3) is 6.70. The van der Waals surface area contributed by atoms with Gasteiger partial charge < -0.3 is 5.32 Å². The fraction of sp³-hybridized carbons (Fsp3) is 0.467. The Morgan fingerprint density at radius 1 is 1.58 bits per heavy atom. The first-order chi connectivity index (χ1) is 9.26. The van der Waals surface area contributed by atoms with Crippen LogP contribution in [0.3, 0.4) is 0 Å². The van der Waals surface area contributed by atoms with Gasteiger partial charge in [0.15, 0.2) is 0 Å². The Morgan fingerprint density at radius 3 is 3.05 bits per heavy atom. The molecule has 0 unspecified atom stereocenters. The molecule has 1 heterocycles. The molecule has 19 heavy (non-hydrogen) atoms. The second-order valence-corrected chi connectivity index (χ2v) is 4.51. The largest absolute Gasteiger partial charge is 0.313 e. The molecule has 0 aliphatic heterocycles. The van der Waals surface area contributed by atoms with E-state index in [1.54, 1.807) is 6.20 Å². The average molecular weight is 258 g/mol. The van der Waals surface area contributed by atoms with Gasteiger partial charge in [-0.1, -0.05) is 19.6 Å². The molecule has 0 bridgehead atoms. The summed E-state index contributed by atoms with van der Waals surface area (Å²) in [4.78, 5) is 6.36. The topological polar surface area (TPSA) is 52.0 Å². The summed E-state index contributed by atoms with van der Waals surface area (Å²) in [5, 5.41) is 12.0. The number of likely N-dealkylation sites (N-methyl/N-ethyl adjacent to an activating group) is 1. The van der Waals surface area contributed by atoms with Gasteiger partial charge in [0.1, 0.15) is 0 Å². The lowest BCUT2D eigenvalue weighted by Crippen LogP contribution is -2.29. The van der Waals surface area contributed by atoms with Gasteiger partial charge in [0.2, 0.25) is 0 Å². The Kier molecular flexibility index (Phi) is 7.48. The number of rotatable bonds is 9. The molecule has 1 aromatic heterocycles. The quantitative estimate of drug-likeness (QED) is 0.688. The summed E-state index contributed by atoms with van der Waals surface area (Å²) < 4.78 is 0. The van der Waals surface area contributed by atoms with Gasteiger partial charge in [-0.25, -0.2) is 0 Å². The summed E-state index contributed by atoms with van der Waals surface area (Å²) in [5.74, 6) is 0. The average Bonchev–Trinajstić information content (AvgIpc) is 2.43. The van der Waals surface area contributed by atoms with Gasteiger partial charge in [-0.15, -0.1) is 0 Å². The van der Waals surface area contributed by atoms with E-state index in [9.17, 15) is 0 Å². The van der Waals surface area contributed by atoms with Crippen LogP contribution >= 0.6 is 0 Å². The molecular weight excluding hydrogens is 236 g/mol. The lowest BCUT2D eigenvalue weighted by atomic mass is 10.2. The first-order valence-corrected chi connectivity index (χ1v) is 6.61. The number of hydrogen-bond donors (Lipinski definition) is 1. The molecule has 1 aromatic rings. The van der Waals surface area contributed by atoms with E-state index in [4.69, 9.17) is 5.26 Å². The summed E-state index contributed by atoms with van der Waals surface area (Å²) in [5.41, 5.74) is 2.31. The number of nitriles is 1. The molecule has 4 nitrogen and oxygen atoms in total. The zero-order valence-electron chi connectivity index (χ0n) is 11.6. The van der Waals surface area contributed by atoms with Crippen LogP contribution < -0.4 is 5.32 Å². The number of aromatic nitrogens is 1. The molecule has 0 fully saturated rings. The third-order valence-corrected chi connectivity index (χ3v) is 2.74. The fourth-order valence-electron chi connectivity index (χ4n) is 1.85. The Balaban J connectivity index is 2.51. The van der Waals surface area contributed by atoms with Gasteiger partial charge in [-0.3, -0.25) is 9.88 Å². The smallest absolute Gasteiger partial charge is 0.0635 e. The molecule has 1 N–H and O–H groups in total. The van der Waals surface area contributed by atoms with Gasteiger partial charge in [0, 0.05) is 45.0 Å². The molecule has 0 amide bonds. The van der Waals surface area contributed by atoms with E-state index < -0.39 is 0 Å². The maximum Gasteiger partial charge on any atom is 0.0635 e. The van der Waals surface area contributed by atoms with Crippen LogP contribution in [0.2, 0.25) is 0 Å². The maximum absolute atomic E-state index is 8.73. The highest BCUT2D eigenvalue weighted by Crippen LogP contribution is 2.06. The molecule has 1 rings (SSSR count). The van der Waals surface area contributed by atoms with E-state index >= 15 is 0 Å². The van der Waals surface area contributed by atoms with Gasteiger partial charge in [-0.2, -0.15) is 5.26 Å². The molecule has 0 aromatic carbocycles. The number of pyridine rings is 1. The van der Waals surface area contributed by atoms with E-state index in [0.29, 0.717) is 6.42 Å². The Bertz CT molecular complexity index is 408. The van der Waals surface area contributed by atoms with E-state index in [-0.39, 0.29) is 0 Å². The van der Waals surface area contributed by atoms with Crippen LogP contribution in [0.4, 0.5) is 0 Å². The monoisotopic (exact) mass is 258 g/mol. The summed E-state index contributed by atoms with van der Waals surface area (Å²) >= 11 is 0. The van der Waals surface area contributed by atoms with Crippen molar-refractivity contribution >= 4 is 0 Å². The van der Waals surface area contributed by atoms with E-state index in [1.807, 2.05) is 12.3 Å². The van der Waals surface area contributed by atoms with Crippen LogP contribution in [-0.2, 0) is 6.54 Å². The lowest BCUT2D eigenvalue weighted by Gasteiger charge is -2.22. The van der Waals surface area contributed by atoms with Crippen LogP contribution in [0, 0.1) is 11.3 Å². The highest BCUT2D eigenvalue weighted by Gasteiger charge is 2.07. The molecule has 0 atom stereocenters. The zero-order chi connectivity index (χ0) is 13.9. The van der Waals surface area contributed by atoms with Crippen molar-refractivity contribution in [3.63, 3.8) is 0 Å². The van der Waals surface area contributed by atoms with Gasteiger partial charge in [0.05, 0.1) is 6.07 Å². The number of nitrogens with zero attached hydrogens (tertiary/aromatic N) is 3. The highest BCUT2D eigenvalue weighted by atomic mass is 15.1. The summed E-state index contributed by atoms with van der Waals surface area (Å²) in [7, 11) is 0. The van der Waals surface area contributed by atoms with Crippen molar-refractivity contribution in [3.8, 4) is 6.07 Å². The predicted molar refractivity (Wildman–Crippen MR) is 77.4 cm³/mol. The van der Waals surface area contributed by atoms with Crippen LogP contribution in [0.15, 0.2) is 36.7 Å². The minimum Gasteiger partial charge on any atom is -0.313 e. The van der Waals surface area contributed by atoms with Crippen LogP contribution in [0.5, 0.6) is 0 Å². The molecule has 102 valence electrons. The highest BCUT2D eigenvalue weighted by molar-refractivity contribution is 5.09. The molecule has 0 aliphatic carbocycles. The van der Waals surface area contributed by atoms with Crippen molar-refractivity contribution in [2.45, 2.75) is 19.9 Å². The second-order valence-electron chi connectivity index (χ2n) is 4.51. The Labute approximate surface area is 115 Å². The number of hydrogen-bond acceptors (Lipinski definition) is 4. The molecule has 0 radical (unpaired) electrons. The first-order valence-electron chi connectivity index (χ1n) is 6.61. The standard InChI is InChI=1S/C15H22N4/c1-3-17-10-14(2)12-19(9-5-7-16)13-15-6-4-8-18-11-15/h4,6,8,11,17H,2-3,5,9-10,12-13H2,1H3. The van der Waals surface area contributed by atoms with Crippen LogP contribution in [0.1, 0.15) is 18.9 Å². The zero-order valence-corrected chi connectivity index (χ0v) is 11.6. The predicted octanol–water partition coefficient (Wildman–Crippen LogP) is 1.96. The van der Waals surface area contributed by atoms with Crippen LogP contribution in [-0.4, -0.2) is 36.1 Å². The second kappa shape index (κ2) is 9.26. The molecular formula is C15H22N4. The first kappa shape index (κ1) is 15.4. The van der Waals surface area contributed by atoms with Crippen molar-refractivity contribution in [2.75, 3.05) is 26.2 Å². The van der Waals surface area contributed by atoms with Crippen LogP contribution in [0.25, 0.3) is 0 Å². The van der Waals surface area contributed by atoms with Gasteiger partial charge >= 0.3 is 0 Å². The van der Waals surface area contributed by atoms with Crippen molar-refractivity contribution in [3.05, 3.63) is 42.2 Å². The normalized spacial score (nSPS) is 10.4. The van der Waals surface area contributed by atoms with E-state index in [1.165, 1.54) is 0 Å². The molecule has 0 aliphatic rings. The van der Waals surface area contributed by atoms with Crippen molar-refractivity contribution < 1.29 is 0 Å². The van der Waals surface area contributed by atoms with Gasteiger partial charge in [0.25, 0.3) is 0 Å². The SMILES string of the molecule is C=C(CNCC)CN(CCC#N)Cc1cccnc1. The van der Waals surface area contributed by atoms with Gasteiger partial charge in [-0.05, 0) is 23.7 Å². The fourth-order valence-corrected chi connectivity index (χ4v) is 1.85. The molecule has 0 saturated carbocycles. The molecule has 4 heteroatoms. The summed E-state index contributed by atoms with van der Waals surface area (Å²) in [6, 6.07) is 6.19. The minimum absolute atomic E-state index is 0.536. The maximum atomic E-state index is 8.73. The number of nitrogens with one attached hydrogen (secondary N) is 1. The Hall–Kier alpha value is -1.70. The third-order valence-electron chi connectivity index (χ3n) is 2.74. The van der Waals surface area contributed by atoms with E-state index in [2.05, 4.69) is 40.8 Å². The van der Waals surface area contributed by atoms with Crippen molar-refractivity contribution in [2.24, 2.45) is 0 Å².